The van der Waals surface area contributed by atoms with Crippen molar-refractivity contribution in [3.05, 3.63) is 99.2 Å². The van der Waals surface area contributed by atoms with E-state index in [-0.39, 0.29) is 34.3 Å². The molecule has 0 spiro atoms. The number of esters is 2. The fourth-order valence-electron chi connectivity index (χ4n) is 3.31. The molecule has 1 heterocycles. The van der Waals surface area contributed by atoms with Crippen LogP contribution in [0.3, 0.4) is 0 Å². The van der Waals surface area contributed by atoms with Gasteiger partial charge in [-0.3, -0.25) is 10.1 Å². The number of rotatable bonds is 8. The highest BCUT2D eigenvalue weighted by molar-refractivity contribution is 6.12. The van der Waals surface area contributed by atoms with Gasteiger partial charge in [-0.25, -0.2) is 14.6 Å². The number of carbonyl (C=O) groups is 2. The maximum Gasteiger partial charge on any atom is 0.363 e. The van der Waals surface area contributed by atoms with E-state index in [1.54, 1.807) is 36.4 Å². The van der Waals surface area contributed by atoms with Gasteiger partial charge in [0.25, 0.3) is 5.69 Å². The van der Waals surface area contributed by atoms with Crippen LogP contribution in [0.4, 0.5) is 5.69 Å². The van der Waals surface area contributed by atoms with Gasteiger partial charge in [-0.1, -0.05) is 12.1 Å². The molecule has 0 radical (unpaired) electrons. The van der Waals surface area contributed by atoms with Crippen molar-refractivity contribution < 1.29 is 33.5 Å². The molecule has 0 fully saturated rings. The number of ether oxygens (including phenoxy) is 4. The Morgan fingerprint density at radius 2 is 1.86 bits per heavy atom. The average molecular weight is 488 g/mol. The molecular formula is C26H20N2O8. The van der Waals surface area contributed by atoms with Crippen LogP contribution in [0.1, 0.15) is 28.4 Å². The van der Waals surface area contributed by atoms with Crippen LogP contribution in [0.15, 0.2) is 77.4 Å². The first-order valence-electron chi connectivity index (χ1n) is 10.8. The monoisotopic (exact) mass is 488 g/mol. The predicted octanol–water partition coefficient (Wildman–Crippen LogP) is 4.57. The van der Waals surface area contributed by atoms with E-state index in [9.17, 15) is 19.7 Å². The van der Waals surface area contributed by atoms with Crippen molar-refractivity contribution in [3.8, 4) is 17.2 Å². The van der Waals surface area contributed by atoms with Crippen LogP contribution >= 0.6 is 0 Å². The number of methoxy groups -OCH3 is 1. The van der Waals surface area contributed by atoms with Crippen LogP contribution in [0, 0.1) is 10.1 Å². The third-order valence-corrected chi connectivity index (χ3v) is 5.02. The number of non-ortho nitro benzene ring substituents is 1. The second-order valence-corrected chi connectivity index (χ2v) is 7.40. The van der Waals surface area contributed by atoms with Gasteiger partial charge in [-0.15, -0.1) is 0 Å². The summed E-state index contributed by atoms with van der Waals surface area (Å²) in [7, 11) is 1.39. The van der Waals surface area contributed by atoms with E-state index in [0.717, 1.165) is 6.07 Å². The number of carbonyl (C=O) groups excluding carboxylic acids is 2. The molecule has 0 aromatic heterocycles. The van der Waals surface area contributed by atoms with Crippen LogP contribution < -0.4 is 14.2 Å². The summed E-state index contributed by atoms with van der Waals surface area (Å²) in [5.41, 5.74) is 1.04. The Hall–Kier alpha value is -4.99. The molecule has 36 heavy (non-hydrogen) atoms. The van der Waals surface area contributed by atoms with Gasteiger partial charge >= 0.3 is 11.9 Å². The zero-order valence-corrected chi connectivity index (χ0v) is 19.3. The van der Waals surface area contributed by atoms with E-state index < -0.39 is 16.9 Å². The molecule has 182 valence electrons. The van der Waals surface area contributed by atoms with Gasteiger partial charge < -0.3 is 18.9 Å². The number of nitro groups is 1. The van der Waals surface area contributed by atoms with Gasteiger partial charge in [0.15, 0.2) is 17.2 Å². The minimum atomic E-state index is -0.785. The Morgan fingerprint density at radius 1 is 1.08 bits per heavy atom. The summed E-state index contributed by atoms with van der Waals surface area (Å²) in [6, 6.07) is 16.8. The number of nitrogens with zero attached hydrogens (tertiary/aromatic N) is 2. The lowest BCUT2D eigenvalue weighted by atomic mass is 10.1. The highest BCUT2D eigenvalue weighted by Crippen LogP contribution is 2.31. The Labute approximate surface area is 205 Å². The van der Waals surface area contributed by atoms with Crippen LogP contribution in [0.2, 0.25) is 0 Å². The zero-order valence-electron chi connectivity index (χ0n) is 19.3. The van der Waals surface area contributed by atoms with Crippen LogP contribution in [-0.4, -0.2) is 36.5 Å². The number of aliphatic imine (C=N–C) groups is 1. The molecular weight excluding hydrogens is 468 g/mol. The van der Waals surface area contributed by atoms with E-state index in [2.05, 4.69) is 4.99 Å². The van der Waals surface area contributed by atoms with E-state index in [1.165, 1.54) is 37.5 Å². The lowest BCUT2D eigenvalue weighted by Gasteiger charge is -2.10. The van der Waals surface area contributed by atoms with Crippen molar-refractivity contribution in [2.75, 3.05) is 13.7 Å². The molecule has 0 saturated carbocycles. The molecule has 0 aliphatic carbocycles. The molecule has 1 aliphatic heterocycles. The van der Waals surface area contributed by atoms with Crippen molar-refractivity contribution in [2.45, 2.75) is 6.92 Å². The summed E-state index contributed by atoms with van der Waals surface area (Å²) in [5.74, 6) is -0.218. The lowest BCUT2D eigenvalue weighted by Crippen LogP contribution is -2.09. The fourth-order valence-corrected chi connectivity index (χ4v) is 3.31. The Kier molecular flexibility index (Phi) is 7.05. The smallest absolute Gasteiger partial charge is 0.363 e. The molecule has 0 bridgehead atoms. The molecule has 1 aliphatic rings. The Balaban J connectivity index is 1.54. The highest BCUT2D eigenvalue weighted by Gasteiger charge is 2.24. The SMILES string of the molecule is CCOc1ccc(C2=N/C(=C\c3ccc(OC(=O)c4cccc([N+](=O)[O-])c4)c(OC)c3)C(=O)O2)cc1. The van der Waals surface area contributed by atoms with Crippen molar-refractivity contribution in [2.24, 2.45) is 4.99 Å². The first-order valence-corrected chi connectivity index (χ1v) is 10.8. The molecule has 0 amide bonds. The second kappa shape index (κ2) is 10.5. The lowest BCUT2D eigenvalue weighted by molar-refractivity contribution is -0.384. The Bertz CT molecular complexity index is 1390. The standard InChI is InChI=1S/C26H20N2O8/c1-3-34-20-10-8-17(9-11-20)24-27-21(26(30)36-24)13-16-7-12-22(23(14-16)33-2)35-25(29)18-5-4-6-19(15-18)28(31)32/h4-15H,3H2,1-2H3/b21-13-. The second-order valence-electron chi connectivity index (χ2n) is 7.40. The Morgan fingerprint density at radius 3 is 2.56 bits per heavy atom. The number of cyclic esters (lactones) is 1. The van der Waals surface area contributed by atoms with Gasteiger partial charge in [-0.05, 0) is 61.0 Å². The number of benzene rings is 3. The summed E-state index contributed by atoms with van der Waals surface area (Å²) in [5, 5.41) is 11.0. The van der Waals surface area contributed by atoms with Gasteiger partial charge in [0.05, 0.1) is 24.2 Å². The average Bonchev–Trinajstić information content (AvgIpc) is 3.25. The maximum absolute atomic E-state index is 12.5. The molecule has 0 saturated heterocycles. The zero-order chi connectivity index (χ0) is 25.7. The van der Waals surface area contributed by atoms with Gasteiger partial charge in [0.2, 0.25) is 5.90 Å². The van der Waals surface area contributed by atoms with Crippen molar-refractivity contribution >= 4 is 29.6 Å². The fraction of sp³-hybridized carbons (Fsp3) is 0.115. The third-order valence-electron chi connectivity index (χ3n) is 5.02. The first-order chi connectivity index (χ1) is 17.4. The van der Waals surface area contributed by atoms with Crippen LogP contribution in [0.25, 0.3) is 6.08 Å². The predicted molar refractivity (Wildman–Crippen MR) is 129 cm³/mol. The van der Waals surface area contributed by atoms with Gasteiger partial charge in [0.1, 0.15) is 5.75 Å². The van der Waals surface area contributed by atoms with Crippen molar-refractivity contribution in [3.63, 3.8) is 0 Å². The molecule has 3 aromatic rings. The third kappa shape index (κ3) is 5.39. The first kappa shape index (κ1) is 24.1. The number of hydrogen-bond donors (Lipinski definition) is 0. The molecule has 3 aromatic carbocycles. The van der Waals surface area contributed by atoms with E-state index in [0.29, 0.717) is 23.5 Å². The molecule has 0 atom stereocenters. The number of nitro benzene ring substituents is 1. The summed E-state index contributed by atoms with van der Waals surface area (Å²) in [6.45, 7) is 2.43. The summed E-state index contributed by atoms with van der Waals surface area (Å²) in [4.78, 5) is 39.5. The molecule has 4 rings (SSSR count). The van der Waals surface area contributed by atoms with Crippen molar-refractivity contribution in [1.82, 2.24) is 0 Å². The van der Waals surface area contributed by atoms with E-state index >= 15 is 0 Å². The highest BCUT2D eigenvalue weighted by atomic mass is 16.6. The normalized spacial score (nSPS) is 13.7. The molecule has 0 N–H and O–H groups in total. The topological polar surface area (TPSA) is 127 Å². The van der Waals surface area contributed by atoms with Crippen LogP contribution in [-0.2, 0) is 9.53 Å². The van der Waals surface area contributed by atoms with Crippen molar-refractivity contribution in [1.29, 1.82) is 0 Å². The van der Waals surface area contributed by atoms with E-state index in [1.807, 2.05) is 6.92 Å². The molecule has 0 unspecified atom stereocenters. The van der Waals surface area contributed by atoms with Gasteiger partial charge in [0, 0.05) is 17.7 Å². The molecule has 10 nitrogen and oxygen atoms in total. The minimum absolute atomic E-state index is 0.0160. The molecule has 10 heteroatoms. The summed E-state index contributed by atoms with van der Waals surface area (Å²) in [6.07, 6.45) is 1.51. The summed E-state index contributed by atoms with van der Waals surface area (Å²) < 4.78 is 21.4. The van der Waals surface area contributed by atoms with Gasteiger partial charge in [-0.2, -0.15) is 0 Å². The minimum Gasteiger partial charge on any atom is -0.494 e. The maximum atomic E-state index is 12.5. The van der Waals surface area contributed by atoms with E-state index in [4.69, 9.17) is 18.9 Å². The van der Waals surface area contributed by atoms with Crippen LogP contribution in [0.5, 0.6) is 17.2 Å². The largest absolute Gasteiger partial charge is 0.494 e. The quantitative estimate of drug-likeness (QED) is 0.148. The number of hydrogen-bond acceptors (Lipinski definition) is 9. The summed E-state index contributed by atoms with van der Waals surface area (Å²) >= 11 is 0.